The summed E-state index contributed by atoms with van der Waals surface area (Å²) < 4.78 is 0. The summed E-state index contributed by atoms with van der Waals surface area (Å²) in [5.74, 6) is -1.15. The van der Waals surface area contributed by atoms with E-state index in [1.54, 1.807) is 0 Å². The SMILES string of the molecule is CC(=O)c1sc(C2CCc3ccccc3C2)nc1C(=O)O. The molecular weight excluding hydrogens is 286 g/mol. The smallest absolute Gasteiger partial charge is 0.356 e. The Morgan fingerprint density at radius 2 is 2.00 bits per heavy atom. The molecule has 3 rings (SSSR count). The Labute approximate surface area is 126 Å². The molecule has 0 bridgehead atoms. The van der Waals surface area contributed by atoms with Crippen molar-refractivity contribution in [1.29, 1.82) is 0 Å². The molecule has 2 aromatic rings. The van der Waals surface area contributed by atoms with Crippen molar-refractivity contribution in [1.82, 2.24) is 4.98 Å². The largest absolute Gasteiger partial charge is 0.476 e. The van der Waals surface area contributed by atoms with Crippen molar-refractivity contribution in [3.8, 4) is 0 Å². The number of aromatic nitrogens is 1. The van der Waals surface area contributed by atoms with E-state index in [4.69, 9.17) is 0 Å². The van der Waals surface area contributed by atoms with Crippen LogP contribution in [0.4, 0.5) is 0 Å². The van der Waals surface area contributed by atoms with Crippen LogP contribution in [0, 0.1) is 0 Å². The van der Waals surface area contributed by atoms with Gasteiger partial charge < -0.3 is 5.11 Å². The molecule has 21 heavy (non-hydrogen) atoms. The van der Waals surface area contributed by atoms with Crippen LogP contribution in [-0.2, 0) is 12.8 Å². The van der Waals surface area contributed by atoms with E-state index in [0.29, 0.717) is 0 Å². The number of thiazole rings is 1. The lowest BCUT2D eigenvalue weighted by atomic mass is 9.84. The number of carboxylic acids is 1. The summed E-state index contributed by atoms with van der Waals surface area (Å²) >= 11 is 1.24. The number of Topliss-reactive ketones (excluding diaryl/α,β-unsaturated/α-hetero) is 1. The summed E-state index contributed by atoms with van der Waals surface area (Å²) in [5, 5.41) is 9.95. The van der Waals surface area contributed by atoms with Crippen LogP contribution in [0.1, 0.15) is 55.6 Å². The predicted octanol–water partition coefficient (Wildman–Crippen LogP) is 3.32. The van der Waals surface area contributed by atoms with Crippen LogP contribution in [0.15, 0.2) is 24.3 Å². The average molecular weight is 301 g/mol. The van der Waals surface area contributed by atoms with Gasteiger partial charge in [0, 0.05) is 12.8 Å². The normalized spacial score (nSPS) is 17.3. The molecule has 1 N–H and O–H groups in total. The maximum Gasteiger partial charge on any atom is 0.356 e. The average Bonchev–Trinajstić information content (AvgIpc) is 2.92. The van der Waals surface area contributed by atoms with E-state index in [9.17, 15) is 14.7 Å². The lowest BCUT2D eigenvalue weighted by Gasteiger charge is -2.22. The molecule has 1 unspecified atom stereocenters. The molecule has 5 heteroatoms. The van der Waals surface area contributed by atoms with Gasteiger partial charge in [-0.15, -0.1) is 11.3 Å². The fraction of sp³-hybridized carbons (Fsp3) is 0.312. The van der Waals surface area contributed by atoms with Crippen LogP contribution >= 0.6 is 11.3 Å². The minimum absolute atomic E-state index is 0.0960. The third-order valence-electron chi connectivity index (χ3n) is 3.86. The second kappa shape index (κ2) is 5.41. The summed E-state index contributed by atoms with van der Waals surface area (Å²) in [7, 11) is 0. The number of hydrogen-bond donors (Lipinski definition) is 1. The summed E-state index contributed by atoms with van der Waals surface area (Å²) in [5.41, 5.74) is 2.56. The van der Waals surface area contributed by atoms with Crippen molar-refractivity contribution in [2.45, 2.75) is 32.1 Å². The molecule has 108 valence electrons. The van der Waals surface area contributed by atoms with Crippen molar-refractivity contribution >= 4 is 23.1 Å². The highest BCUT2D eigenvalue weighted by molar-refractivity contribution is 7.14. The zero-order valence-corrected chi connectivity index (χ0v) is 12.4. The Bertz CT molecular complexity index is 689. The number of aryl methyl sites for hydroxylation is 1. The predicted molar refractivity (Wildman–Crippen MR) is 80.3 cm³/mol. The van der Waals surface area contributed by atoms with Gasteiger partial charge >= 0.3 is 5.97 Å². The van der Waals surface area contributed by atoms with Crippen LogP contribution in [0.3, 0.4) is 0 Å². The van der Waals surface area contributed by atoms with Gasteiger partial charge in [0.25, 0.3) is 0 Å². The van der Waals surface area contributed by atoms with E-state index in [1.165, 1.54) is 29.4 Å². The van der Waals surface area contributed by atoms with Crippen LogP contribution < -0.4 is 0 Å². The van der Waals surface area contributed by atoms with Gasteiger partial charge in [-0.05, 0) is 30.4 Å². The number of aromatic carboxylic acids is 1. The molecule has 0 aliphatic heterocycles. The van der Waals surface area contributed by atoms with Gasteiger partial charge in [0.15, 0.2) is 11.5 Å². The summed E-state index contributed by atoms with van der Waals surface area (Å²) in [6.07, 6.45) is 2.78. The van der Waals surface area contributed by atoms with Gasteiger partial charge in [0.1, 0.15) is 4.88 Å². The topological polar surface area (TPSA) is 67.3 Å². The van der Waals surface area contributed by atoms with Crippen LogP contribution in [0.25, 0.3) is 0 Å². The van der Waals surface area contributed by atoms with E-state index in [2.05, 4.69) is 17.1 Å². The highest BCUT2D eigenvalue weighted by Gasteiger charge is 2.27. The van der Waals surface area contributed by atoms with Crippen molar-refractivity contribution in [2.75, 3.05) is 0 Å². The van der Waals surface area contributed by atoms with Crippen molar-refractivity contribution in [2.24, 2.45) is 0 Å². The minimum Gasteiger partial charge on any atom is -0.476 e. The third-order valence-corrected chi connectivity index (χ3v) is 5.18. The molecule has 1 heterocycles. The molecule has 1 aromatic carbocycles. The van der Waals surface area contributed by atoms with Gasteiger partial charge in [-0.25, -0.2) is 9.78 Å². The van der Waals surface area contributed by atoms with E-state index < -0.39 is 5.97 Å². The second-order valence-corrected chi connectivity index (χ2v) is 6.33. The first-order chi connectivity index (χ1) is 10.1. The van der Waals surface area contributed by atoms with Gasteiger partial charge in [0.05, 0.1) is 5.01 Å². The molecule has 0 fully saturated rings. The lowest BCUT2D eigenvalue weighted by molar-refractivity contribution is 0.0686. The van der Waals surface area contributed by atoms with E-state index in [0.717, 1.165) is 24.3 Å². The first-order valence-electron chi connectivity index (χ1n) is 6.88. The fourth-order valence-corrected chi connectivity index (χ4v) is 3.89. The highest BCUT2D eigenvalue weighted by Crippen LogP contribution is 2.35. The monoisotopic (exact) mass is 301 g/mol. The van der Waals surface area contributed by atoms with Crippen molar-refractivity contribution in [3.05, 3.63) is 51.0 Å². The zero-order valence-electron chi connectivity index (χ0n) is 11.6. The number of rotatable bonds is 3. The number of hydrogen-bond acceptors (Lipinski definition) is 4. The Morgan fingerprint density at radius 1 is 1.29 bits per heavy atom. The first kappa shape index (κ1) is 13.9. The molecule has 1 aromatic heterocycles. The van der Waals surface area contributed by atoms with Gasteiger partial charge in [-0.1, -0.05) is 24.3 Å². The van der Waals surface area contributed by atoms with Crippen molar-refractivity contribution in [3.63, 3.8) is 0 Å². The molecule has 1 aliphatic carbocycles. The van der Waals surface area contributed by atoms with Gasteiger partial charge in [-0.3, -0.25) is 4.79 Å². The summed E-state index contributed by atoms with van der Waals surface area (Å²) in [6, 6.07) is 8.31. The molecule has 4 nitrogen and oxygen atoms in total. The molecule has 0 saturated carbocycles. The van der Waals surface area contributed by atoms with Crippen LogP contribution in [0.5, 0.6) is 0 Å². The Balaban J connectivity index is 1.94. The fourth-order valence-electron chi connectivity index (χ4n) is 2.80. The maximum atomic E-state index is 11.6. The van der Waals surface area contributed by atoms with Crippen LogP contribution in [-0.4, -0.2) is 21.8 Å². The number of carbonyl (C=O) groups is 2. The number of fused-ring (bicyclic) bond motifs is 1. The molecule has 1 aliphatic rings. The molecule has 0 saturated heterocycles. The molecule has 0 radical (unpaired) electrons. The summed E-state index contributed by atoms with van der Waals surface area (Å²) in [6.45, 7) is 1.39. The van der Waals surface area contributed by atoms with Gasteiger partial charge in [0.2, 0.25) is 0 Å². The maximum absolute atomic E-state index is 11.6. The van der Waals surface area contributed by atoms with Crippen LogP contribution in [0.2, 0.25) is 0 Å². The standard InChI is InChI=1S/C16H15NO3S/c1-9(18)14-13(16(19)20)17-15(21-14)12-7-6-10-4-2-3-5-11(10)8-12/h2-5,12H,6-8H2,1H3,(H,19,20). The highest BCUT2D eigenvalue weighted by atomic mass is 32.1. The van der Waals surface area contributed by atoms with Gasteiger partial charge in [-0.2, -0.15) is 0 Å². The molecule has 0 amide bonds. The number of nitrogens with zero attached hydrogens (tertiary/aromatic N) is 1. The molecule has 0 spiro atoms. The Morgan fingerprint density at radius 3 is 2.62 bits per heavy atom. The number of ketones is 1. The minimum atomic E-state index is -1.13. The first-order valence-corrected chi connectivity index (χ1v) is 7.69. The lowest BCUT2D eigenvalue weighted by Crippen LogP contribution is -2.12. The molecule has 1 atom stereocenters. The van der Waals surface area contributed by atoms with E-state index >= 15 is 0 Å². The second-order valence-electron chi connectivity index (χ2n) is 5.30. The zero-order chi connectivity index (χ0) is 15.0. The number of carboxylic acid groups (broad SMARTS) is 1. The summed E-state index contributed by atoms with van der Waals surface area (Å²) in [4.78, 5) is 27.3. The number of carbonyl (C=O) groups excluding carboxylic acids is 1. The van der Waals surface area contributed by atoms with E-state index in [1.807, 2.05) is 12.1 Å². The Kier molecular flexibility index (Phi) is 3.59. The third kappa shape index (κ3) is 2.61. The number of benzene rings is 1. The van der Waals surface area contributed by atoms with E-state index in [-0.39, 0.29) is 22.3 Å². The Hall–Kier alpha value is -2.01. The quantitative estimate of drug-likeness (QED) is 0.883. The molecular formula is C16H15NO3S. The van der Waals surface area contributed by atoms with Crippen molar-refractivity contribution < 1.29 is 14.7 Å².